The number of hydrogen-bond acceptors (Lipinski definition) is 22. The standard InChI is InChI=1S/4C18H20N2O3.2CH4O.4Mn.2H2O/c4*1-18(2,20-11-13-7-3-5-9-15(13)21)12-19-17(23)14-8-4-6-10-16(14)22;2*1-2;;;;;;/h4*3-11,21-22H,12H2,1-2H3,(H,19,23);2*2H,1H3;;;;;2*1H2/q;;;;;;4*+3;;/p-12. The van der Waals surface area contributed by atoms with Crippen LogP contribution in [-0.4, -0.2) is 132 Å². The van der Waals surface area contributed by atoms with Crippen molar-refractivity contribution in [2.24, 2.45) is 39.9 Å². The van der Waals surface area contributed by atoms with Gasteiger partial charge in [0.05, 0.1) is 48.3 Å². The van der Waals surface area contributed by atoms with Gasteiger partial charge in [-0.15, -0.1) is 46.0 Å². The normalized spacial score (nSPS) is 11.6. The molecule has 0 spiro atoms. The third-order valence-corrected chi connectivity index (χ3v) is 12.8. The summed E-state index contributed by atoms with van der Waals surface area (Å²) in [7, 11) is 2.00. The quantitative estimate of drug-likeness (QED) is 0.0609. The van der Waals surface area contributed by atoms with Gasteiger partial charge in [0.1, 0.15) is 0 Å². The van der Waals surface area contributed by atoms with Gasteiger partial charge >= 0.3 is 68.3 Å². The fourth-order valence-corrected chi connectivity index (χ4v) is 7.46. The maximum absolute atomic E-state index is 12.0. The van der Waals surface area contributed by atoms with E-state index in [1.165, 1.54) is 97.7 Å². The van der Waals surface area contributed by atoms with Gasteiger partial charge in [-0.05, 0) is 123 Å². The second kappa shape index (κ2) is 50.1. The molecule has 0 radical (unpaired) electrons. The van der Waals surface area contributed by atoms with Crippen LogP contribution in [0.25, 0.3) is 0 Å². The van der Waals surface area contributed by atoms with E-state index in [1.807, 2.05) is 0 Å². The summed E-state index contributed by atoms with van der Waals surface area (Å²) in [5.41, 5.74) is -0.483. The molecule has 0 aliphatic heterocycles. The van der Waals surface area contributed by atoms with Crippen LogP contribution >= 0.6 is 0 Å². The van der Waals surface area contributed by atoms with E-state index in [0.717, 1.165) is 14.2 Å². The molecule has 8 aromatic carbocycles. The van der Waals surface area contributed by atoms with E-state index in [-0.39, 0.29) is 174 Å². The number of rotatable bonds is 20. The van der Waals surface area contributed by atoms with E-state index < -0.39 is 45.7 Å². The van der Waals surface area contributed by atoms with Crippen molar-refractivity contribution in [2.75, 3.05) is 40.4 Å². The van der Waals surface area contributed by atoms with Crippen LogP contribution in [-0.2, 0) is 68.3 Å². The smallest absolute Gasteiger partial charge is 0.872 e. The number of para-hydroxylation sites is 8. The van der Waals surface area contributed by atoms with Gasteiger partial charge in [-0.25, -0.2) is 0 Å². The van der Waals surface area contributed by atoms with Gasteiger partial charge in [-0.1, -0.05) is 194 Å². The summed E-state index contributed by atoms with van der Waals surface area (Å²) in [6, 6.07) is 50.2. The molecule has 0 fully saturated rings. The number of aliphatic imine (C=N–C) groups is 8. The zero-order valence-electron chi connectivity index (χ0n) is 57.5. The predicted molar refractivity (Wildman–Crippen MR) is 363 cm³/mol. The maximum atomic E-state index is 12.0. The van der Waals surface area contributed by atoms with E-state index in [2.05, 4.69) is 39.9 Å². The SMILES string of the molecule is CC(C)(CN=C([O-])c1ccccc1[O-])N=Cc1ccccc1[O-].CC(C)(CN=C([O-])c1ccccc1[O-])N=Cc1ccccc1[O-].CC(C)(CN=C([O-])c1ccccc1[O-])N=Cc1ccccc1[O-].CC(C)(CN=C([O-])c1ccccc1[O-])N=Cc1ccccc1[O-].CO.CO.O.O.[Mn+3].[Mn+3].[Mn+3].[Mn+3]. The predicted octanol–water partition coefficient (Wildman–Crippen LogP) is 0.911. The van der Waals surface area contributed by atoms with Crippen molar-refractivity contribution < 1.29 is 151 Å². The molecule has 0 unspecified atom stereocenters. The minimum atomic E-state index is -0.657. The first kappa shape index (κ1) is 99.0. The van der Waals surface area contributed by atoms with Crippen molar-refractivity contribution >= 4 is 48.4 Å². The molecule has 0 aliphatic rings. The topological polar surface area (TPSA) is 479 Å². The first-order valence-electron chi connectivity index (χ1n) is 29.6. The van der Waals surface area contributed by atoms with Crippen molar-refractivity contribution in [1.82, 2.24) is 0 Å². The Morgan fingerprint density at radius 1 is 0.265 bits per heavy atom. The van der Waals surface area contributed by atoms with Gasteiger partial charge in [-0.2, -0.15) is 0 Å². The number of aliphatic hydroxyl groups is 2. The average molecular weight is 1560 g/mol. The summed E-state index contributed by atoms with van der Waals surface area (Å²) in [5, 5.41) is 155. The Hall–Kier alpha value is -9.36. The first-order chi connectivity index (χ1) is 45.6. The van der Waals surface area contributed by atoms with E-state index in [4.69, 9.17) is 10.2 Å². The summed E-state index contributed by atoms with van der Waals surface area (Å²) in [6.45, 7) is 14.9. The third kappa shape index (κ3) is 35.8. The minimum Gasteiger partial charge on any atom is -0.872 e. The van der Waals surface area contributed by atoms with E-state index in [0.29, 0.717) is 22.3 Å². The molecule has 28 heteroatoms. The van der Waals surface area contributed by atoms with Crippen molar-refractivity contribution in [2.45, 2.75) is 77.5 Å². The molecule has 8 aromatic rings. The fourth-order valence-electron chi connectivity index (χ4n) is 7.46. The summed E-state index contributed by atoms with van der Waals surface area (Å²) < 4.78 is 0. The molecule has 24 nitrogen and oxygen atoms in total. The van der Waals surface area contributed by atoms with Crippen molar-refractivity contribution in [3.8, 4) is 46.0 Å². The third-order valence-electron chi connectivity index (χ3n) is 12.8. The molecule has 0 heterocycles. The Balaban J connectivity index is -0.000000605. The van der Waals surface area contributed by atoms with Crippen molar-refractivity contribution in [3.05, 3.63) is 239 Å². The van der Waals surface area contributed by atoms with Gasteiger partial charge in [0.2, 0.25) is 0 Å². The van der Waals surface area contributed by atoms with Crippen LogP contribution in [0.5, 0.6) is 46.0 Å². The van der Waals surface area contributed by atoms with Gasteiger partial charge in [0.15, 0.2) is 0 Å². The van der Waals surface area contributed by atoms with Crippen LogP contribution < -0.4 is 61.3 Å². The van der Waals surface area contributed by atoms with Crippen LogP contribution in [0.3, 0.4) is 0 Å². The van der Waals surface area contributed by atoms with E-state index in [9.17, 15) is 61.3 Å². The van der Waals surface area contributed by atoms with Gasteiger partial charge < -0.3 is 82.4 Å². The molecule has 0 atom stereocenters. The zero-order chi connectivity index (χ0) is 71.5. The molecule has 0 amide bonds. The van der Waals surface area contributed by atoms with Gasteiger partial charge in [-0.3, -0.25) is 39.9 Å². The molecule has 0 aromatic heterocycles. The minimum absolute atomic E-state index is 0. The van der Waals surface area contributed by atoms with E-state index >= 15 is 0 Å². The van der Waals surface area contributed by atoms with Gasteiger partial charge in [0.25, 0.3) is 0 Å². The molecule has 8 rings (SSSR count). The maximum Gasteiger partial charge on any atom is 3.00 e. The largest absolute Gasteiger partial charge is 3.00 e. The average Bonchev–Trinajstić information content (AvgIpc) is 0.852. The monoisotopic (exact) mass is 1560 g/mol. The van der Waals surface area contributed by atoms with E-state index in [1.54, 1.807) is 177 Å². The first-order valence-corrected chi connectivity index (χ1v) is 29.6. The fraction of sp³-hybridized carbons (Fsp3) is 0.243. The van der Waals surface area contributed by atoms with Crippen LogP contribution in [0, 0.1) is 0 Å². The summed E-state index contributed by atoms with van der Waals surface area (Å²) in [5.74, 6) is -4.03. The van der Waals surface area contributed by atoms with Crippen molar-refractivity contribution in [1.29, 1.82) is 0 Å². The van der Waals surface area contributed by atoms with Gasteiger partial charge in [0, 0.05) is 39.1 Å². The molecule has 0 aliphatic carbocycles. The number of aliphatic hydroxyl groups excluding tert-OH is 2. The molecular formula is C74H80Mn4N8O16. The number of hydrogen-bond donors (Lipinski definition) is 2. The Morgan fingerprint density at radius 2 is 0.402 bits per heavy atom. The number of benzene rings is 8. The van der Waals surface area contributed by atoms with Crippen LogP contribution in [0.1, 0.15) is 99.9 Å². The Bertz CT molecular complexity index is 3490. The molecule has 6 N–H and O–H groups in total. The molecular weight excluding hydrogens is 1480 g/mol. The Labute approximate surface area is 637 Å². The molecule has 102 heavy (non-hydrogen) atoms. The molecule has 540 valence electrons. The Kier molecular flexibility index (Phi) is 48.6. The van der Waals surface area contributed by atoms with Crippen LogP contribution in [0.15, 0.2) is 234 Å². The number of nitrogens with zero attached hydrogens (tertiary/aromatic N) is 8. The second-order valence-corrected chi connectivity index (χ2v) is 22.9. The molecule has 0 saturated heterocycles. The van der Waals surface area contributed by atoms with Crippen LogP contribution in [0.4, 0.5) is 0 Å². The van der Waals surface area contributed by atoms with Crippen LogP contribution in [0.2, 0.25) is 0 Å². The van der Waals surface area contributed by atoms with Crippen molar-refractivity contribution in [3.63, 3.8) is 0 Å². The summed E-state index contributed by atoms with van der Waals surface area (Å²) in [6.07, 6.45) is 5.96. The molecule has 0 bridgehead atoms. The summed E-state index contributed by atoms with van der Waals surface area (Å²) >= 11 is 0. The second-order valence-electron chi connectivity index (χ2n) is 22.9. The zero-order valence-corrected chi connectivity index (χ0v) is 62.2. The Morgan fingerprint density at radius 3 is 0.549 bits per heavy atom. The summed E-state index contributed by atoms with van der Waals surface area (Å²) in [4.78, 5) is 33.0. The molecule has 0 saturated carbocycles.